The number of rotatable bonds is 4. The zero-order chi connectivity index (χ0) is 22.1. The lowest BCUT2D eigenvalue weighted by Crippen LogP contribution is -2.50. The number of piperidine rings is 1. The second-order valence-corrected chi connectivity index (χ2v) is 9.31. The van der Waals surface area contributed by atoms with Crippen LogP contribution < -0.4 is 5.73 Å². The van der Waals surface area contributed by atoms with Crippen LogP contribution in [-0.2, 0) is 14.9 Å². The van der Waals surface area contributed by atoms with Gasteiger partial charge in [0.2, 0.25) is 5.91 Å². The number of halogens is 2. The third-order valence-electron chi connectivity index (χ3n) is 7.60. The first-order chi connectivity index (χ1) is 15.6. The highest BCUT2D eigenvalue weighted by Crippen LogP contribution is 2.42. The van der Waals surface area contributed by atoms with E-state index in [1.165, 1.54) is 5.56 Å². The van der Waals surface area contributed by atoms with E-state index >= 15 is 0 Å². The summed E-state index contributed by atoms with van der Waals surface area (Å²) in [4.78, 5) is 20.4. The number of likely N-dealkylation sites (tertiary alicyclic amines) is 1. The highest BCUT2D eigenvalue weighted by atomic mass is 35.5. The molecule has 0 spiro atoms. The minimum absolute atomic E-state index is 0. The SMILES string of the molecule is CO[C@H]1C[C@@H](C(=O)N2CCC(c3ccccc3)(c3cn4ccccc4n3)CC2)CC[C@@H]1N.Cl.Cl. The maximum atomic E-state index is 13.4. The first-order valence-electron chi connectivity index (χ1n) is 11.7. The van der Waals surface area contributed by atoms with Crippen molar-refractivity contribution in [2.45, 2.75) is 49.7 Å². The van der Waals surface area contributed by atoms with Crippen LogP contribution in [0.4, 0.5) is 0 Å². The van der Waals surface area contributed by atoms with Crippen molar-refractivity contribution in [2.75, 3.05) is 20.2 Å². The molecule has 5 rings (SSSR count). The number of aromatic nitrogens is 2. The molecule has 1 aliphatic carbocycles. The van der Waals surface area contributed by atoms with Gasteiger partial charge >= 0.3 is 0 Å². The lowest BCUT2D eigenvalue weighted by atomic mass is 9.70. The van der Waals surface area contributed by atoms with Gasteiger partial charge in [0.25, 0.3) is 0 Å². The van der Waals surface area contributed by atoms with E-state index in [0.717, 1.165) is 56.5 Å². The van der Waals surface area contributed by atoms with Crippen LogP contribution in [0.25, 0.3) is 5.65 Å². The maximum Gasteiger partial charge on any atom is 0.225 e. The molecule has 1 saturated carbocycles. The van der Waals surface area contributed by atoms with Crippen molar-refractivity contribution in [3.63, 3.8) is 0 Å². The monoisotopic (exact) mass is 504 g/mol. The lowest BCUT2D eigenvalue weighted by molar-refractivity contribution is -0.140. The lowest BCUT2D eigenvalue weighted by Gasteiger charge is -2.43. The molecule has 3 atom stereocenters. The smallest absolute Gasteiger partial charge is 0.225 e. The van der Waals surface area contributed by atoms with Gasteiger partial charge in [-0.15, -0.1) is 24.8 Å². The number of imidazole rings is 1. The number of benzene rings is 1. The average Bonchev–Trinajstić information content (AvgIpc) is 3.29. The molecule has 2 aliphatic rings. The molecule has 6 nitrogen and oxygen atoms in total. The first-order valence-corrected chi connectivity index (χ1v) is 11.7. The maximum absolute atomic E-state index is 13.4. The zero-order valence-corrected chi connectivity index (χ0v) is 21.1. The molecule has 0 unspecified atom stereocenters. The molecule has 0 bridgehead atoms. The van der Waals surface area contributed by atoms with Crippen LogP contribution in [0, 0.1) is 5.92 Å². The number of amides is 1. The Labute approximate surface area is 213 Å². The van der Waals surface area contributed by atoms with Gasteiger partial charge in [-0.3, -0.25) is 4.79 Å². The van der Waals surface area contributed by atoms with E-state index < -0.39 is 0 Å². The minimum atomic E-state index is -0.186. The molecule has 2 N–H and O–H groups in total. The quantitative estimate of drug-likeness (QED) is 0.576. The van der Waals surface area contributed by atoms with Crippen molar-refractivity contribution in [3.8, 4) is 0 Å². The fourth-order valence-electron chi connectivity index (χ4n) is 5.63. The fourth-order valence-corrected chi connectivity index (χ4v) is 5.63. The molecule has 8 heteroatoms. The van der Waals surface area contributed by atoms with E-state index in [1.54, 1.807) is 7.11 Å². The van der Waals surface area contributed by atoms with Crippen molar-refractivity contribution in [1.82, 2.24) is 14.3 Å². The van der Waals surface area contributed by atoms with Gasteiger partial charge in [0.15, 0.2) is 0 Å². The Hall–Kier alpha value is -2.12. The van der Waals surface area contributed by atoms with Gasteiger partial charge in [-0.25, -0.2) is 4.98 Å². The number of ether oxygens (including phenoxy) is 1. The summed E-state index contributed by atoms with van der Waals surface area (Å²) in [6.45, 7) is 1.48. The number of hydrogen-bond acceptors (Lipinski definition) is 4. The third kappa shape index (κ3) is 4.82. The summed E-state index contributed by atoms with van der Waals surface area (Å²) in [6.07, 6.45) is 8.34. The number of methoxy groups -OCH3 is 1. The summed E-state index contributed by atoms with van der Waals surface area (Å²) in [6, 6.07) is 16.8. The third-order valence-corrected chi connectivity index (χ3v) is 7.60. The van der Waals surface area contributed by atoms with E-state index in [-0.39, 0.29) is 54.2 Å². The van der Waals surface area contributed by atoms with E-state index in [4.69, 9.17) is 15.5 Å². The first kappa shape index (κ1) is 26.5. The molecule has 1 aliphatic heterocycles. The summed E-state index contributed by atoms with van der Waals surface area (Å²) >= 11 is 0. The number of carbonyl (C=O) groups excluding carboxylic acids is 1. The molecule has 1 saturated heterocycles. The van der Waals surface area contributed by atoms with Crippen molar-refractivity contribution in [3.05, 3.63) is 72.2 Å². The van der Waals surface area contributed by atoms with Gasteiger partial charge in [-0.2, -0.15) is 0 Å². The van der Waals surface area contributed by atoms with Gasteiger partial charge in [0.05, 0.1) is 11.8 Å². The second kappa shape index (κ2) is 11.1. The Morgan fingerprint density at radius 2 is 1.76 bits per heavy atom. The predicted octanol–water partition coefficient (Wildman–Crippen LogP) is 4.23. The normalized spacial score (nSPS) is 24.2. The Morgan fingerprint density at radius 3 is 2.44 bits per heavy atom. The van der Waals surface area contributed by atoms with Crippen LogP contribution in [0.1, 0.15) is 43.4 Å². The number of carbonyl (C=O) groups is 1. The molecule has 0 radical (unpaired) electrons. The van der Waals surface area contributed by atoms with Crippen molar-refractivity contribution >= 4 is 36.4 Å². The van der Waals surface area contributed by atoms with E-state index in [1.807, 2.05) is 24.4 Å². The Balaban J connectivity index is 0.00000162. The molecule has 184 valence electrons. The number of pyridine rings is 1. The molecular formula is C26H34Cl2N4O2. The summed E-state index contributed by atoms with van der Waals surface area (Å²) in [5, 5.41) is 0. The molecule has 3 heterocycles. The number of nitrogens with two attached hydrogens (primary N) is 1. The largest absolute Gasteiger partial charge is 0.380 e. The summed E-state index contributed by atoms with van der Waals surface area (Å²) in [7, 11) is 1.70. The van der Waals surface area contributed by atoms with Crippen LogP contribution in [0.2, 0.25) is 0 Å². The summed E-state index contributed by atoms with van der Waals surface area (Å²) in [5.41, 5.74) is 9.30. The molecule has 2 aromatic heterocycles. The topological polar surface area (TPSA) is 72.9 Å². The zero-order valence-electron chi connectivity index (χ0n) is 19.5. The Kier molecular flexibility index (Phi) is 8.63. The number of nitrogens with zero attached hydrogens (tertiary/aromatic N) is 3. The van der Waals surface area contributed by atoms with Crippen LogP contribution in [-0.4, -0.2) is 52.5 Å². The van der Waals surface area contributed by atoms with Crippen molar-refractivity contribution < 1.29 is 9.53 Å². The highest BCUT2D eigenvalue weighted by molar-refractivity contribution is 5.85. The molecule has 1 aromatic carbocycles. The molecule has 2 fully saturated rings. The van der Waals surface area contributed by atoms with E-state index in [0.29, 0.717) is 0 Å². The number of fused-ring (bicyclic) bond motifs is 1. The van der Waals surface area contributed by atoms with Crippen LogP contribution in [0.3, 0.4) is 0 Å². The van der Waals surface area contributed by atoms with Gasteiger partial charge in [-0.1, -0.05) is 36.4 Å². The molecule has 1 amide bonds. The van der Waals surface area contributed by atoms with Crippen molar-refractivity contribution in [2.24, 2.45) is 11.7 Å². The Bertz CT molecular complexity index is 1050. The van der Waals surface area contributed by atoms with Crippen molar-refractivity contribution in [1.29, 1.82) is 0 Å². The predicted molar refractivity (Wildman–Crippen MR) is 139 cm³/mol. The van der Waals surface area contributed by atoms with Gasteiger partial charge in [-0.05, 0) is 49.8 Å². The highest BCUT2D eigenvalue weighted by Gasteiger charge is 2.42. The summed E-state index contributed by atoms with van der Waals surface area (Å²) < 4.78 is 7.63. The van der Waals surface area contributed by atoms with E-state index in [9.17, 15) is 4.79 Å². The molecule has 3 aromatic rings. The fraction of sp³-hybridized carbons (Fsp3) is 0.462. The second-order valence-electron chi connectivity index (χ2n) is 9.31. The standard InChI is InChI=1S/C26H32N4O2.2ClH/c1-32-22-17-19(10-11-21(22)27)25(31)29-15-12-26(13-16-29,20-7-3-2-4-8-20)23-18-30-14-6-5-9-24(30)28-23;;/h2-9,14,18-19,21-22H,10-13,15-17,27H2,1H3;2*1H/t19-,21-,22-;;/m0../s1. The van der Waals surface area contributed by atoms with Gasteiger partial charge in [0.1, 0.15) is 5.65 Å². The average molecular weight is 505 g/mol. The van der Waals surface area contributed by atoms with E-state index in [2.05, 4.69) is 45.8 Å². The van der Waals surface area contributed by atoms with Gasteiger partial charge in [0, 0.05) is 50.0 Å². The van der Waals surface area contributed by atoms with Crippen LogP contribution in [0.5, 0.6) is 0 Å². The number of hydrogen-bond donors (Lipinski definition) is 1. The molecular weight excluding hydrogens is 471 g/mol. The Morgan fingerprint density at radius 1 is 1.06 bits per heavy atom. The summed E-state index contributed by atoms with van der Waals surface area (Å²) in [5.74, 6) is 0.273. The minimum Gasteiger partial charge on any atom is -0.380 e. The van der Waals surface area contributed by atoms with Crippen LogP contribution in [0.15, 0.2) is 60.9 Å². The van der Waals surface area contributed by atoms with Crippen LogP contribution >= 0.6 is 24.8 Å². The van der Waals surface area contributed by atoms with Gasteiger partial charge < -0.3 is 19.8 Å². The molecule has 34 heavy (non-hydrogen) atoms.